The van der Waals surface area contributed by atoms with E-state index in [1.54, 1.807) is 12.1 Å². The summed E-state index contributed by atoms with van der Waals surface area (Å²) in [5.74, 6) is 0. The fourth-order valence-corrected chi connectivity index (χ4v) is 2.76. The third kappa shape index (κ3) is 2.10. The van der Waals surface area contributed by atoms with Crippen molar-refractivity contribution in [3.63, 3.8) is 0 Å². The molecule has 0 bridgehead atoms. The lowest BCUT2D eigenvalue weighted by atomic mass is 9.80. The second kappa shape index (κ2) is 5.02. The van der Waals surface area contributed by atoms with Gasteiger partial charge in [0.15, 0.2) is 0 Å². The van der Waals surface area contributed by atoms with Crippen LogP contribution >= 0.6 is 0 Å². The molecule has 4 rings (SSSR count). The summed E-state index contributed by atoms with van der Waals surface area (Å²) < 4.78 is 5.88. The molecular formula is C18H13BO3. The molecule has 0 aliphatic carbocycles. The van der Waals surface area contributed by atoms with Crippen molar-refractivity contribution in [2.45, 2.75) is 0 Å². The van der Waals surface area contributed by atoms with Gasteiger partial charge in [-0.15, -0.1) is 0 Å². The largest absolute Gasteiger partial charge is 0.488 e. The van der Waals surface area contributed by atoms with Gasteiger partial charge in [0, 0.05) is 10.8 Å². The first-order valence-electron chi connectivity index (χ1n) is 7.10. The Labute approximate surface area is 127 Å². The number of hydrogen-bond acceptors (Lipinski definition) is 3. The molecule has 1 heterocycles. The Kier molecular flexibility index (Phi) is 3.00. The van der Waals surface area contributed by atoms with Crippen LogP contribution in [0.25, 0.3) is 33.1 Å². The summed E-state index contributed by atoms with van der Waals surface area (Å²) in [4.78, 5) is 0. The van der Waals surface area contributed by atoms with Crippen molar-refractivity contribution in [3.8, 4) is 11.1 Å². The van der Waals surface area contributed by atoms with E-state index in [0.717, 1.165) is 27.5 Å². The standard InChI is InChI=1S/C18H13BO3/c20-19(21)14-7-9-16-15-8-6-13(12-4-2-1-3-5-12)10-17(15)22-18(16)11-14/h1-11,20-21H. The molecule has 0 spiro atoms. The molecule has 0 radical (unpaired) electrons. The Morgan fingerprint density at radius 1 is 0.682 bits per heavy atom. The zero-order valence-electron chi connectivity index (χ0n) is 11.7. The van der Waals surface area contributed by atoms with Gasteiger partial charge in [0.1, 0.15) is 11.2 Å². The van der Waals surface area contributed by atoms with Crippen LogP contribution in [0.1, 0.15) is 0 Å². The zero-order chi connectivity index (χ0) is 15.1. The first-order chi connectivity index (χ1) is 10.7. The molecule has 0 atom stereocenters. The molecule has 0 saturated carbocycles. The van der Waals surface area contributed by atoms with Gasteiger partial charge in [0.05, 0.1) is 0 Å². The zero-order valence-corrected chi connectivity index (χ0v) is 11.7. The SMILES string of the molecule is OB(O)c1ccc2c(c1)oc1cc(-c3ccccc3)ccc12. The highest BCUT2D eigenvalue weighted by Crippen LogP contribution is 2.31. The van der Waals surface area contributed by atoms with Gasteiger partial charge in [-0.25, -0.2) is 0 Å². The number of benzene rings is 3. The van der Waals surface area contributed by atoms with Crippen LogP contribution < -0.4 is 5.46 Å². The van der Waals surface area contributed by atoms with Crippen LogP contribution in [0, 0.1) is 0 Å². The normalized spacial score (nSPS) is 11.2. The Bertz CT molecular complexity index is 958. The minimum atomic E-state index is -1.49. The molecule has 22 heavy (non-hydrogen) atoms. The highest BCUT2D eigenvalue weighted by molar-refractivity contribution is 6.58. The van der Waals surface area contributed by atoms with Crippen LogP contribution in [0.5, 0.6) is 0 Å². The summed E-state index contributed by atoms with van der Waals surface area (Å²) in [6.45, 7) is 0. The lowest BCUT2D eigenvalue weighted by Crippen LogP contribution is -2.29. The van der Waals surface area contributed by atoms with Gasteiger partial charge < -0.3 is 14.5 Å². The Morgan fingerprint density at radius 2 is 1.36 bits per heavy atom. The fourth-order valence-electron chi connectivity index (χ4n) is 2.76. The van der Waals surface area contributed by atoms with Crippen molar-refractivity contribution in [1.82, 2.24) is 0 Å². The number of fused-ring (bicyclic) bond motifs is 3. The third-order valence-corrected chi connectivity index (χ3v) is 3.90. The number of furan rings is 1. The molecule has 0 aliphatic rings. The molecule has 2 N–H and O–H groups in total. The summed E-state index contributed by atoms with van der Waals surface area (Å²) in [5, 5.41) is 20.5. The molecule has 4 heteroatoms. The van der Waals surface area contributed by atoms with Gasteiger partial charge in [0.25, 0.3) is 0 Å². The highest BCUT2D eigenvalue weighted by atomic mass is 16.4. The van der Waals surface area contributed by atoms with Gasteiger partial charge in [-0.2, -0.15) is 0 Å². The van der Waals surface area contributed by atoms with E-state index in [9.17, 15) is 10.0 Å². The van der Waals surface area contributed by atoms with E-state index in [2.05, 4.69) is 18.2 Å². The van der Waals surface area contributed by atoms with Gasteiger partial charge in [-0.1, -0.05) is 48.5 Å². The molecule has 0 aliphatic heterocycles. The number of rotatable bonds is 2. The first-order valence-corrected chi connectivity index (χ1v) is 7.10. The van der Waals surface area contributed by atoms with E-state index in [1.165, 1.54) is 0 Å². The average Bonchev–Trinajstić information content (AvgIpc) is 2.92. The summed E-state index contributed by atoms with van der Waals surface area (Å²) in [6, 6.07) is 21.5. The van der Waals surface area contributed by atoms with E-state index < -0.39 is 7.12 Å². The molecule has 0 unspecified atom stereocenters. The molecular weight excluding hydrogens is 275 g/mol. The Balaban J connectivity index is 1.91. The average molecular weight is 288 g/mol. The van der Waals surface area contributed by atoms with E-state index in [4.69, 9.17) is 4.42 Å². The molecule has 0 fully saturated rings. The summed E-state index contributed by atoms with van der Waals surface area (Å²) >= 11 is 0. The molecule has 0 amide bonds. The molecule has 4 aromatic rings. The van der Waals surface area contributed by atoms with Crippen molar-refractivity contribution in [1.29, 1.82) is 0 Å². The van der Waals surface area contributed by atoms with Crippen LogP contribution in [0.15, 0.2) is 71.1 Å². The van der Waals surface area contributed by atoms with Crippen LogP contribution in [-0.4, -0.2) is 17.2 Å². The third-order valence-electron chi connectivity index (χ3n) is 3.90. The van der Waals surface area contributed by atoms with Gasteiger partial charge in [0.2, 0.25) is 0 Å². The Morgan fingerprint density at radius 3 is 2.09 bits per heavy atom. The van der Waals surface area contributed by atoms with Gasteiger partial charge in [-0.3, -0.25) is 0 Å². The second-order valence-corrected chi connectivity index (χ2v) is 5.31. The summed E-state index contributed by atoms with van der Waals surface area (Å²) in [6.07, 6.45) is 0. The fraction of sp³-hybridized carbons (Fsp3) is 0. The van der Waals surface area contributed by atoms with Crippen molar-refractivity contribution in [2.75, 3.05) is 0 Å². The number of hydrogen-bond donors (Lipinski definition) is 2. The molecule has 106 valence electrons. The maximum atomic E-state index is 9.26. The van der Waals surface area contributed by atoms with E-state index in [-0.39, 0.29) is 0 Å². The van der Waals surface area contributed by atoms with Crippen molar-refractivity contribution < 1.29 is 14.5 Å². The van der Waals surface area contributed by atoms with Crippen molar-refractivity contribution in [3.05, 3.63) is 66.7 Å². The van der Waals surface area contributed by atoms with E-state index >= 15 is 0 Å². The summed E-state index contributed by atoms with van der Waals surface area (Å²) in [7, 11) is -1.49. The van der Waals surface area contributed by atoms with Gasteiger partial charge >= 0.3 is 7.12 Å². The quantitative estimate of drug-likeness (QED) is 0.558. The monoisotopic (exact) mass is 288 g/mol. The van der Waals surface area contributed by atoms with Crippen molar-refractivity contribution in [2.24, 2.45) is 0 Å². The van der Waals surface area contributed by atoms with Gasteiger partial charge in [-0.05, 0) is 34.8 Å². The topological polar surface area (TPSA) is 53.6 Å². The Hall–Kier alpha value is -2.56. The first kappa shape index (κ1) is 13.1. The highest BCUT2D eigenvalue weighted by Gasteiger charge is 2.14. The molecule has 3 nitrogen and oxygen atoms in total. The van der Waals surface area contributed by atoms with Crippen molar-refractivity contribution >= 4 is 34.5 Å². The predicted octanol–water partition coefficient (Wildman–Crippen LogP) is 2.93. The van der Waals surface area contributed by atoms with Crippen LogP contribution in [0.4, 0.5) is 0 Å². The maximum Gasteiger partial charge on any atom is 0.488 e. The summed E-state index contributed by atoms with van der Waals surface area (Å²) in [5.41, 5.74) is 4.10. The van der Waals surface area contributed by atoms with Crippen LogP contribution in [-0.2, 0) is 0 Å². The lowest BCUT2D eigenvalue weighted by Gasteiger charge is -2.00. The predicted molar refractivity (Wildman–Crippen MR) is 89.0 cm³/mol. The van der Waals surface area contributed by atoms with E-state index in [1.807, 2.05) is 36.4 Å². The van der Waals surface area contributed by atoms with E-state index in [0.29, 0.717) is 11.0 Å². The molecule has 0 saturated heterocycles. The van der Waals surface area contributed by atoms with Crippen LogP contribution in [0.3, 0.4) is 0 Å². The maximum absolute atomic E-state index is 9.26. The smallest absolute Gasteiger partial charge is 0.456 e. The minimum Gasteiger partial charge on any atom is -0.456 e. The minimum absolute atomic E-state index is 0.426. The van der Waals surface area contributed by atoms with Crippen LogP contribution in [0.2, 0.25) is 0 Å². The molecule has 3 aromatic carbocycles. The second-order valence-electron chi connectivity index (χ2n) is 5.31. The molecule has 1 aromatic heterocycles. The lowest BCUT2D eigenvalue weighted by molar-refractivity contribution is 0.425.